The van der Waals surface area contributed by atoms with Gasteiger partial charge in [-0.15, -0.1) is 0 Å². The molecule has 0 aliphatic carbocycles. The number of aromatic nitrogens is 3. The van der Waals surface area contributed by atoms with Crippen LogP contribution in [0.15, 0.2) is 54.9 Å². The third-order valence-electron chi connectivity index (χ3n) is 9.09. The molecule has 262 valence electrons. The highest BCUT2D eigenvalue weighted by Crippen LogP contribution is 2.38. The van der Waals surface area contributed by atoms with Crippen LogP contribution in [0.1, 0.15) is 43.7 Å². The Bertz CT molecular complexity index is 1870. The monoisotopic (exact) mass is 704 g/mol. The summed E-state index contributed by atoms with van der Waals surface area (Å²) in [5.74, 6) is -0.708. The predicted octanol–water partition coefficient (Wildman–Crippen LogP) is 5.36. The van der Waals surface area contributed by atoms with Crippen molar-refractivity contribution in [3.63, 3.8) is 0 Å². The number of carbonyl (C=O) groups is 2. The molecule has 50 heavy (non-hydrogen) atoms. The van der Waals surface area contributed by atoms with E-state index in [1.165, 1.54) is 25.6 Å². The number of likely N-dealkylation sites (tertiary alicyclic amines) is 1. The number of piperidine rings is 1. The lowest BCUT2D eigenvalue weighted by Crippen LogP contribution is -2.44. The number of hydrogen-bond donors (Lipinski definition) is 4. The normalized spacial score (nSPS) is 16.4. The number of hydrogen-bond acceptors (Lipinski definition) is 9. The maximum Gasteiger partial charge on any atom is 0.220 e. The molecule has 2 fully saturated rings. The number of rotatable bonds is 12. The number of amides is 2. The molecule has 2 saturated heterocycles. The van der Waals surface area contributed by atoms with Crippen molar-refractivity contribution in [3.05, 3.63) is 82.6 Å². The average Bonchev–Trinajstić information content (AvgIpc) is 3.54. The summed E-state index contributed by atoms with van der Waals surface area (Å²) in [7, 11) is 1.50. The van der Waals surface area contributed by atoms with E-state index in [0.717, 1.165) is 24.8 Å². The van der Waals surface area contributed by atoms with Crippen LogP contribution in [0.5, 0.6) is 5.88 Å². The summed E-state index contributed by atoms with van der Waals surface area (Å²) >= 11 is 6.80. The largest absolute Gasteiger partial charge is 0.481 e. The SMILES string of the molecule is COc1nc(-c2ccnc(-c3cccc(Nc4nccc(CNC5CCN(C(C)=O)CC5)c4F)c3Cl)c2F)ccc1CNCC1CCC(=O)N1. The zero-order valence-electron chi connectivity index (χ0n) is 27.9. The molecule has 4 N–H and O–H groups in total. The molecule has 2 aliphatic rings. The molecule has 0 radical (unpaired) electrons. The fraction of sp³-hybridized carbons (Fsp3) is 0.361. The summed E-state index contributed by atoms with van der Waals surface area (Å²) in [6, 6.07) is 11.9. The second kappa shape index (κ2) is 15.9. The lowest BCUT2D eigenvalue weighted by molar-refractivity contribution is -0.130. The quantitative estimate of drug-likeness (QED) is 0.154. The molecule has 1 unspecified atom stereocenters. The minimum atomic E-state index is -0.629. The Morgan fingerprint density at radius 1 is 1.00 bits per heavy atom. The molecule has 5 heterocycles. The van der Waals surface area contributed by atoms with Crippen LogP contribution in [0.25, 0.3) is 22.5 Å². The highest BCUT2D eigenvalue weighted by molar-refractivity contribution is 6.36. The van der Waals surface area contributed by atoms with Gasteiger partial charge in [0.05, 0.1) is 23.5 Å². The Balaban J connectivity index is 1.16. The van der Waals surface area contributed by atoms with E-state index in [2.05, 4.69) is 36.2 Å². The molecule has 14 heteroatoms. The highest BCUT2D eigenvalue weighted by Gasteiger charge is 2.23. The topological polar surface area (TPSA) is 133 Å². The van der Waals surface area contributed by atoms with Gasteiger partial charge in [-0.1, -0.05) is 29.8 Å². The van der Waals surface area contributed by atoms with Crippen LogP contribution < -0.4 is 26.0 Å². The molecule has 0 spiro atoms. The number of nitrogens with one attached hydrogen (secondary N) is 4. The molecule has 2 amide bonds. The van der Waals surface area contributed by atoms with E-state index in [1.54, 1.807) is 37.3 Å². The first-order valence-corrected chi connectivity index (χ1v) is 17.0. The molecule has 1 atom stereocenters. The van der Waals surface area contributed by atoms with Gasteiger partial charge >= 0.3 is 0 Å². The fourth-order valence-corrected chi connectivity index (χ4v) is 6.53. The second-order valence-electron chi connectivity index (χ2n) is 12.4. The van der Waals surface area contributed by atoms with Crippen molar-refractivity contribution in [2.45, 2.75) is 57.8 Å². The number of benzene rings is 1. The molecule has 3 aromatic heterocycles. The molecule has 2 aliphatic heterocycles. The van der Waals surface area contributed by atoms with Crippen molar-refractivity contribution in [1.82, 2.24) is 35.8 Å². The van der Waals surface area contributed by atoms with Crippen molar-refractivity contribution < 1.29 is 23.1 Å². The van der Waals surface area contributed by atoms with Crippen molar-refractivity contribution in [3.8, 4) is 28.4 Å². The number of ether oxygens (including phenoxy) is 1. The smallest absolute Gasteiger partial charge is 0.220 e. The fourth-order valence-electron chi connectivity index (χ4n) is 6.27. The van der Waals surface area contributed by atoms with E-state index in [-0.39, 0.29) is 46.0 Å². The lowest BCUT2D eigenvalue weighted by atomic mass is 10.0. The summed E-state index contributed by atoms with van der Waals surface area (Å²) in [5.41, 5.74) is 2.40. The van der Waals surface area contributed by atoms with Gasteiger partial charge in [-0.3, -0.25) is 14.6 Å². The van der Waals surface area contributed by atoms with Gasteiger partial charge in [-0.2, -0.15) is 0 Å². The predicted molar refractivity (Wildman–Crippen MR) is 187 cm³/mol. The Hall–Kier alpha value is -4.72. The molecule has 0 bridgehead atoms. The highest BCUT2D eigenvalue weighted by atomic mass is 35.5. The van der Waals surface area contributed by atoms with Crippen LogP contribution in [0.4, 0.5) is 20.3 Å². The summed E-state index contributed by atoms with van der Waals surface area (Å²) in [6.07, 6.45) is 5.90. The van der Waals surface area contributed by atoms with Crippen LogP contribution in [-0.2, 0) is 22.7 Å². The second-order valence-corrected chi connectivity index (χ2v) is 12.8. The average molecular weight is 705 g/mol. The zero-order chi connectivity index (χ0) is 35.2. The van der Waals surface area contributed by atoms with Gasteiger partial charge in [0.25, 0.3) is 0 Å². The van der Waals surface area contributed by atoms with E-state index >= 15 is 8.78 Å². The van der Waals surface area contributed by atoms with Gasteiger partial charge < -0.3 is 30.9 Å². The number of nitrogens with zero attached hydrogens (tertiary/aromatic N) is 4. The Morgan fingerprint density at radius 2 is 1.80 bits per heavy atom. The van der Waals surface area contributed by atoms with E-state index in [0.29, 0.717) is 67.5 Å². The summed E-state index contributed by atoms with van der Waals surface area (Å²) in [6.45, 7) is 4.27. The number of pyridine rings is 3. The van der Waals surface area contributed by atoms with Crippen LogP contribution >= 0.6 is 11.6 Å². The first-order valence-electron chi connectivity index (χ1n) is 16.6. The van der Waals surface area contributed by atoms with Gasteiger partial charge in [0.15, 0.2) is 17.5 Å². The minimum Gasteiger partial charge on any atom is -0.481 e. The van der Waals surface area contributed by atoms with Gasteiger partial charge in [-0.05, 0) is 43.5 Å². The molecule has 11 nitrogen and oxygen atoms in total. The molecule has 4 aromatic rings. The first kappa shape index (κ1) is 35.1. The molecule has 6 rings (SSSR count). The summed E-state index contributed by atoms with van der Waals surface area (Å²) in [4.78, 5) is 38.0. The van der Waals surface area contributed by atoms with E-state index < -0.39 is 11.6 Å². The summed E-state index contributed by atoms with van der Waals surface area (Å²) in [5, 5.41) is 12.8. The Kier molecular flexibility index (Phi) is 11.2. The maximum absolute atomic E-state index is 16.2. The third-order valence-corrected chi connectivity index (χ3v) is 9.49. The third kappa shape index (κ3) is 8.01. The van der Waals surface area contributed by atoms with Crippen molar-refractivity contribution in [2.75, 3.05) is 32.1 Å². The van der Waals surface area contributed by atoms with E-state index in [4.69, 9.17) is 16.3 Å². The van der Waals surface area contributed by atoms with E-state index in [1.807, 2.05) is 11.0 Å². The zero-order valence-corrected chi connectivity index (χ0v) is 28.6. The van der Waals surface area contributed by atoms with Crippen LogP contribution in [0.2, 0.25) is 5.02 Å². The molecular weight excluding hydrogens is 666 g/mol. The Morgan fingerprint density at radius 3 is 2.54 bits per heavy atom. The number of carbonyl (C=O) groups excluding carboxylic acids is 2. The molecular formula is C36H39ClF2N8O3. The number of halogens is 3. The van der Waals surface area contributed by atoms with E-state index in [9.17, 15) is 9.59 Å². The van der Waals surface area contributed by atoms with Gasteiger partial charge in [0.2, 0.25) is 17.7 Å². The van der Waals surface area contributed by atoms with Crippen LogP contribution in [0.3, 0.4) is 0 Å². The maximum atomic E-state index is 16.2. The van der Waals surface area contributed by atoms with Crippen LogP contribution in [-0.4, -0.2) is 70.5 Å². The van der Waals surface area contributed by atoms with Gasteiger partial charge in [-0.25, -0.2) is 18.7 Å². The van der Waals surface area contributed by atoms with Crippen molar-refractivity contribution in [2.24, 2.45) is 0 Å². The van der Waals surface area contributed by atoms with Crippen molar-refractivity contribution >= 4 is 34.9 Å². The summed E-state index contributed by atoms with van der Waals surface area (Å²) < 4.78 is 37.3. The standard InChI is InChI=1S/C36H39ClF2N8O3/c1-21(48)47-16-12-24(13-17-47)43-19-22-10-14-42-35(32(22)38)45-29-5-3-4-27(31(29)37)34-33(39)26(11-15-41-34)28-8-6-23(36(46-28)50-2)18-40-20-25-7-9-30(49)44-25/h3-6,8,10-11,14-15,24-25,40,43H,7,9,12-13,16-20H2,1-2H3,(H,42,45)(H,44,49). The molecule has 1 aromatic carbocycles. The minimum absolute atomic E-state index is 0.00322. The number of anilines is 2. The van der Waals surface area contributed by atoms with Crippen LogP contribution in [0, 0.1) is 11.6 Å². The molecule has 0 saturated carbocycles. The lowest BCUT2D eigenvalue weighted by Gasteiger charge is -2.31. The van der Waals surface area contributed by atoms with Gasteiger partial charge in [0.1, 0.15) is 5.69 Å². The number of methoxy groups -OCH3 is 1. The van der Waals surface area contributed by atoms with Gasteiger partial charge in [0, 0.05) is 92.8 Å². The van der Waals surface area contributed by atoms with Crippen molar-refractivity contribution in [1.29, 1.82) is 0 Å². The Labute approximate surface area is 294 Å². The first-order chi connectivity index (χ1) is 24.2.